The Morgan fingerprint density at radius 3 is 2.25 bits per heavy atom. The standard InChI is InChI=1S/C15H24O/c1-11-9-12(16)10-15(5,6)13(11)7-8-14(2,3)4/h7-8H,9-10H2,1-6H3/b8-7+. The molecule has 90 valence electrons. The Balaban J connectivity index is 3.05. The van der Waals surface area contributed by atoms with Gasteiger partial charge in [-0.2, -0.15) is 0 Å². The molecule has 0 aromatic heterocycles. The van der Waals surface area contributed by atoms with Crippen LogP contribution in [-0.4, -0.2) is 5.78 Å². The van der Waals surface area contributed by atoms with Crippen molar-refractivity contribution in [3.8, 4) is 0 Å². The molecule has 1 heteroatoms. The van der Waals surface area contributed by atoms with Gasteiger partial charge in [0.15, 0.2) is 0 Å². The van der Waals surface area contributed by atoms with Crippen LogP contribution < -0.4 is 0 Å². The summed E-state index contributed by atoms with van der Waals surface area (Å²) in [6, 6.07) is 0. The molecule has 0 bridgehead atoms. The topological polar surface area (TPSA) is 17.1 Å². The third-order valence-electron chi connectivity index (χ3n) is 3.04. The second-order valence-electron chi connectivity index (χ2n) is 6.67. The maximum atomic E-state index is 11.6. The van der Waals surface area contributed by atoms with Crippen LogP contribution in [0.5, 0.6) is 0 Å². The minimum atomic E-state index is 0.00116. The van der Waals surface area contributed by atoms with Crippen molar-refractivity contribution in [3.05, 3.63) is 23.3 Å². The van der Waals surface area contributed by atoms with Crippen LogP contribution >= 0.6 is 0 Å². The van der Waals surface area contributed by atoms with Crippen molar-refractivity contribution in [1.29, 1.82) is 0 Å². The van der Waals surface area contributed by atoms with Gasteiger partial charge in [-0.25, -0.2) is 0 Å². The predicted octanol–water partition coefficient (Wildman–Crippen LogP) is 4.29. The summed E-state index contributed by atoms with van der Waals surface area (Å²) in [5.74, 6) is 0.371. The van der Waals surface area contributed by atoms with Crippen molar-refractivity contribution < 1.29 is 4.79 Å². The van der Waals surface area contributed by atoms with E-state index in [0.29, 0.717) is 18.6 Å². The molecule has 0 amide bonds. The van der Waals surface area contributed by atoms with Gasteiger partial charge in [-0.05, 0) is 23.3 Å². The predicted molar refractivity (Wildman–Crippen MR) is 69.3 cm³/mol. The molecule has 0 radical (unpaired) electrons. The summed E-state index contributed by atoms with van der Waals surface area (Å²) in [5, 5.41) is 0. The summed E-state index contributed by atoms with van der Waals surface area (Å²) in [6.45, 7) is 13.0. The molecule has 0 aromatic rings. The third-order valence-corrected chi connectivity index (χ3v) is 3.04. The molecule has 1 nitrogen and oxygen atoms in total. The third kappa shape index (κ3) is 3.33. The number of hydrogen-bond donors (Lipinski definition) is 0. The maximum absolute atomic E-state index is 11.6. The summed E-state index contributed by atoms with van der Waals surface area (Å²) in [7, 11) is 0. The van der Waals surface area contributed by atoms with Crippen LogP contribution in [0.2, 0.25) is 0 Å². The number of Topliss-reactive ketones (excluding diaryl/α,β-unsaturated/α-hetero) is 1. The molecule has 16 heavy (non-hydrogen) atoms. The summed E-state index contributed by atoms with van der Waals surface area (Å²) in [4.78, 5) is 11.6. The zero-order valence-corrected chi connectivity index (χ0v) is 11.5. The fourth-order valence-corrected chi connectivity index (χ4v) is 2.32. The number of hydrogen-bond acceptors (Lipinski definition) is 1. The number of allylic oxidation sites excluding steroid dienone is 4. The van der Waals surface area contributed by atoms with Crippen LogP contribution in [0, 0.1) is 10.8 Å². The Hall–Kier alpha value is -0.850. The van der Waals surface area contributed by atoms with E-state index in [9.17, 15) is 4.79 Å². The van der Waals surface area contributed by atoms with Gasteiger partial charge in [-0.3, -0.25) is 4.79 Å². The first kappa shape index (κ1) is 13.2. The highest BCUT2D eigenvalue weighted by molar-refractivity contribution is 5.84. The van der Waals surface area contributed by atoms with Gasteiger partial charge in [0.1, 0.15) is 5.78 Å². The summed E-state index contributed by atoms with van der Waals surface area (Å²) >= 11 is 0. The summed E-state index contributed by atoms with van der Waals surface area (Å²) in [6.07, 6.45) is 5.77. The molecule has 0 N–H and O–H groups in total. The average Bonchev–Trinajstić information content (AvgIpc) is 1.96. The molecular formula is C15H24O. The highest BCUT2D eigenvalue weighted by Crippen LogP contribution is 2.39. The van der Waals surface area contributed by atoms with Crippen LogP contribution in [0.3, 0.4) is 0 Å². The quantitative estimate of drug-likeness (QED) is 0.644. The van der Waals surface area contributed by atoms with E-state index in [4.69, 9.17) is 0 Å². The van der Waals surface area contributed by atoms with Gasteiger partial charge in [0.25, 0.3) is 0 Å². The number of ketones is 1. The normalized spacial score (nSPS) is 22.0. The molecule has 1 rings (SSSR count). The first-order valence-electron chi connectivity index (χ1n) is 6.03. The Morgan fingerprint density at radius 2 is 1.81 bits per heavy atom. The molecule has 0 unspecified atom stereocenters. The Morgan fingerprint density at radius 1 is 1.25 bits per heavy atom. The minimum absolute atomic E-state index is 0.00116. The number of rotatable bonds is 1. The van der Waals surface area contributed by atoms with Gasteiger partial charge >= 0.3 is 0 Å². The lowest BCUT2D eigenvalue weighted by molar-refractivity contribution is -0.120. The van der Waals surface area contributed by atoms with E-state index < -0.39 is 0 Å². The monoisotopic (exact) mass is 220 g/mol. The van der Waals surface area contributed by atoms with Crippen molar-refractivity contribution in [1.82, 2.24) is 0 Å². The Bertz CT molecular complexity index is 348. The zero-order chi connectivity index (χ0) is 12.6. The molecule has 0 atom stereocenters. The molecule has 0 saturated heterocycles. The molecule has 0 aromatic carbocycles. The smallest absolute Gasteiger partial charge is 0.137 e. The molecule has 0 aliphatic heterocycles. The van der Waals surface area contributed by atoms with E-state index >= 15 is 0 Å². The molecule has 0 fully saturated rings. The summed E-state index contributed by atoms with van der Waals surface area (Å²) < 4.78 is 0. The van der Waals surface area contributed by atoms with Crippen molar-refractivity contribution >= 4 is 5.78 Å². The van der Waals surface area contributed by atoms with Crippen molar-refractivity contribution in [3.63, 3.8) is 0 Å². The molecule has 0 saturated carbocycles. The molecule has 1 aliphatic rings. The molecule has 0 heterocycles. The van der Waals surface area contributed by atoms with Gasteiger partial charge in [0.05, 0.1) is 0 Å². The zero-order valence-electron chi connectivity index (χ0n) is 11.5. The fourth-order valence-electron chi connectivity index (χ4n) is 2.32. The minimum Gasteiger partial charge on any atom is -0.299 e. The van der Waals surface area contributed by atoms with Gasteiger partial charge < -0.3 is 0 Å². The number of carbonyl (C=O) groups excluding carboxylic acids is 1. The second kappa shape index (κ2) is 4.20. The highest BCUT2D eigenvalue weighted by Gasteiger charge is 2.31. The van der Waals surface area contributed by atoms with E-state index in [-0.39, 0.29) is 10.8 Å². The lowest BCUT2D eigenvalue weighted by Crippen LogP contribution is -2.25. The van der Waals surface area contributed by atoms with Crippen molar-refractivity contribution in [2.24, 2.45) is 10.8 Å². The SMILES string of the molecule is CC1=C(/C=C/C(C)(C)C)C(C)(C)CC(=O)C1. The van der Waals surface area contributed by atoms with Crippen LogP contribution in [0.15, 0.2) is 23.3 Å². The van der Waals surface area contributed by atoms with Crippen LogP contribution in [0.25, 0.3) is 0 Å². The molecular weight excluding hydrogens is 196 g/mol. The average molecular weight is 220 g/mol. The maximum Gasteiger partial charge on any atom is 0.137 e. The Labute approximate surface area is 99.6 Å². The Kier molecular flexibility index (Phi) is 3.47. The number of carbonyl (C=O) groups is 1. The van der Waals surface area contributed by atoms with E-state index in [0.717, 1.165) is 0 Å². The van der Waals surface area contributed by atoms with Crippen molar-refractivity contribution in [2.45, 2.75) is 54.4 Å². The second-order valence-corrected chi connectivity index (χ2v) is 6.67. The first-order chi connectivity index (χ1) is 7.12. The van der Waals surface area contributed by atoms with Gasteiger partial charge in [-0.15, -0.1) is 0 Å². The van der Waals surface area contributed by atoms with E-state index in [1.807, 2.05) is 0 Å². The van der Waals surface area contributed by atoms with Crippen LogP contribution in [0.4, 0.5) is 0 Å². The van der Waals surface area contributed by atoms with Gasteiger partial charge in [0.2, 0.25) is 0 Å². The first-order valence-corrected chi connectivity index (χ1v) is 6.03. The summed E-state index contributed by atoms with van der Waals surface area (Å²) in [5.41, 5.74) is 2.79. The largest absolute Gasteiger partial charge is 0.299 e. The van der Waals surface area contributed by atoms with Crippen LogP contribution in [-0.2, 0) is 4.79 Å². The molecule has 1 aliphatic carbocycles. The van der Waals surface area contributed by atoms with E-state index in [1.54, 1.807) is 0 Å². The lowest BCUT2D eigenvalue weighted by atomic mass is 9.71. The van der Waals surface area contributed by atoms with Gasteiger partial charge in [-0.1, -0.05) is 52.3 Å². The van der Waals surface area contributed by atoms with Gasteiger partial charge in [0, 0.05) is 12.8 Å². The lowest BCUT2D eigenvalue weighted by Gasteiger charge is -2.32. The van der Waals surface area contributed by atoms with E-state index in [1.165, 1.54) is 11.1 Å². The highest BCUT2D eigenvalue weighted by atomic mass is 16.1. The molecule has 0 spiro atoms. The van der Waals surface area contributed by atoms with Crippen molar-refractivity contribution in [2.75, 3.05) is 0 Å². The van der Waals surface area contributed by atoms with Crippen LogP contribution in [0.1, 0.15) is 54.4 Å². The van der Waals surface area contributed by atoms with E-state index in [2.05, 4.69) is 53.7 Å². The fraction of sp³-hybridized carbons (Fsp3) is 0.667.